The molecule has 2 rings (SSSR count). The van der Waals surface area contributed by atoms with Crippen molar-refractivity contribution in [2.24, 2.45) is 5.73 Å². The average Bonchev–Trinajstić information content (AvgIpc) is 2.90. The van der Waals surface area contributed by atoms with Gasteiger partial charge in [-0.25, -0.2) is 4.79 Å². The fourth-order valence-electron chi connectivity index (χ4n) is 2.72. The van der Waals surface area contributed by atoms with Gasteiger partial charge in [0, 0.05) is 6.54 Å². The van der Waals surface area contributed by atoms with E-state index in [1.807, 2.05) is 35.2 Å². The van der Waals surface area contributed by atoms with Gasteiger partial charge in [-0.1, -0.05) is 30.3 Å². The number of nitrogens with zero attached hydrogens (tertiary/aromatic N) is 1. The van der Waals surface area contributed by atoms with Crippen molar-refractivity contribution in [1.82, 2.24) is 4.90 Å². The zero-order chi connectivity index (χ0) is 14.5. The molecule has 1 heterocycles. The number of nitrogens with two attached hydrogens (primary N) is 1. The summed E-state index contributed by atoms with van der Waals surface area (Å²) in [4.78, 5) is 25.7. The number of rotatable bonds is 5. The van der Waals surface area contributed by atoms with E-state index in [0.717, 1.165) is 12.0 Å². The zero-order valence-corrected chi connectivity index (χ0v) is 11.6. The summed E-state index contributed by atoms with van der Waals surface area (Å²) in [6, 6.07) is 8.42. The van der Waals surface area contributed by atoms with Gasteiger partial charge >= 0.3 is 5.97 Å². The maximum Gasteiger partial charge on any atom is 0.328 e. The minimum absolute atomic E-state index is 0.317. The van der Waals surface area contributed by atoms with Gasteiger partial charge in [-0.2, -0.15) is 0 Å². The molecule has 108 valence electrons. The van der Waals surface area contributed by atoms with E-state index in [0.29, 0.717) is 19.6 Å². The first-order chi connectivity index (χ1) is 9.65. The molecular formula is C15H20N2O3. The van der Waals surface area contributed by atoms with Crippen molar-refractivity contribution in [3.63, 3.8) is 0 Å². The molecule has 1 fully saturated rings. The Labute approximate surface area is 118 Å². The van der Waals surface area contributed by atoms with Gasteiger partial charge in [-0.3, -0.25) is 9.69 Å². The Morgan fingerprint density at radius 2 is 2.10 bits per heavy atom. The standard InChI is InChI=1S/C15H20N2O3/c1-2-20-15(19)13(11-7-4-3-5-8-11)17-10-6-9-12(17)14(16)18/h3-5,7-8,12-13H,2,6,9-10H2,1H3,(H2,16,18). The van der Waals surface area contributed by atoms with Gasteiger partial charge in [0.2, 0.25) is 5.91 Å². The molecule has 1 aromatic rings. The van der Waals surface area contributed by atoms with E-state index in [1.54, 1.807) is 6.92 Å². The maximum absolute atomic E-state index is 12.3. The number of likely N-dealkylation sites (tertiary alicyclic amines) is 1. The van der Waals surface area contributed by atoms with Crippen LogP contribution in [0.3, 0.4) is 0 Å². The molecule has 20 heavy (non-hydrogen) atoms. The Morgan fingerprint density at radius 3 is 2.70 bits per heavy atom. The second-order valence-corrected chi connectivity index (χ2v) is 4.86. The summed E-state index contributed by atoms with van der Waals surface area (Å²) in [6.07, 6.45) is 1.55. The van der Waals surface area contributed by atoms with Gasteiger partial charge in [-0.05, 0) is 25.3 Å². The van der Waals surface area contributed by atoms with Crippen molar-refractivity contribution in [3.8, 4) is 0 Å². The third-order valence-electron chi connectivity index (χ3n) is 3.58. The highest BCUT2D eigenvalue weighted by molar-refractivity contribution is 5.83. The van der Waals surface area contributed by atoms with Gasteiger partial charge in [0.15, 0.2) is 0 Å². The number of primary amides is 1. The largest absolute Gasteiger partial charge is 0.465 e. The van der Waals surface area contributed by atoms with Crippen molar-refractivity contribution in [1.29, 1.82) is 0 Å². The molecule has 2 N–H and O–H groups in total. The normalized spacial score (nSPS) is 20.6. The van der Waals surface area contributed by atoms with E-state index in [-0.39, 0.29) is 11.9 Å². The van der Waals surface area contributed by atoms with Gasteiger partial charge < -0.3 is 10.5 Å². The molecule has 5 heteroatoms. The third kappa shape index (κ3) is 2.99. The summed E-state index contributed by atoms with van der Waals surface area (Å²) < 4.78 is 5.17. The van der Waals surface area contributed by atoms with Crippen LogP contribution >= 0.6 is 0 Å². The van der Waals surface area contributed by atoms with Crippen LogP contribution in [0.4, 0.5) is 0 Å². The molecule has 0 saturated carbocycles. The van der Waals surface area contributed by atoms with E-state index < -0.39 is 12.1 Å². The number of hydrogen-bond acceptors (Lipinski definition) is 4. The molecule has 0 aliphatic carbocycles. The lowest BCUT2D eigenvalue weighted by Crippen LogP contribution is -2.45. The van der Waals surface area contributed by atoms with Crippen LogP contribution in [0.15, 0.2) is 30.3 Å². The predicted molar refractivity (Wildman–Crippen MR) is 74.7 cm³/mol. The fraction of sp³-hybridized carbons (Fsp3) is 0.467. The molecule has 0 radical (unpaired) electrons. The molecule has 1 aliphatic heterocycles. The molecule has 1 aromatic carbocycles. The smallest absolute Gasteiger partial charge is 0.328 e. The van der Waals surface area contributed by atoms with Gasteiger partial charge in [0.25, 0.3) is 0 Å². The Hall–Kier alpha value is -1.88. The first-order valence-corrected chi connectivity index (χ1v) is 6.91. The van der Waals surface area contributed by atoms with Crippen LogP contribution in [0.1, 0.15) is 31.4 Å². The topological polar surface area (TPSA) is 72.6 Å². The number of amides is 1. The molecule has 1 aliphatic rings. The molecule has 1 amide bonds. The number of ether oxygens (including phenoxy) is 1. The first-order valence-electron chi connectivity index (χ1n) is 6.91. The predicted octanol–water partition coefficient (Wildman–Crippen LogP) is 1.24. The fourth-order valence-corrected chi connectivity index (χ4v) is 2.72. The van der Waals surface area contributed by atoms with E-state index >= 15 is 0 Å². The molecule has 0 bridgehead atoms. The second-order valence-electron chi connectivity index (χ2n) is 4.86. The highest BCUT2D eigenvalue weighted by Gasteiger charge is 2.39. The van der Waals surface area contributed by atoms with Crippen LogP contribution in [-0.2, 0) is 14.3 Å². The van der Waals surface area contributed by atoms with Crippen LogP contribution in [0.5, 0.6) is 0 Å². The lowest BCUT2D eigenvalue weighted by atomic mass is 10.0. The number of carbonyl (C=O) groups excluding carboxylic acids is 2. The third-order valence-corrected chi connectivity index (χ3v) is 3.58. The van der Waals surface area contributed by atoms with Crippen molar-refractivity contribution in [2.75, 3.05) is 13.2 Å². The van der Waals surface area contributed by atoms with Crippen molar-refractivity contribution >= 4 is 11.9 Å². The van der Waals surface area contributed by atoms with Gasteiger partial charge in [0.05, 0.1) is 12.6 Å². The summed E-state index contributed by atoms with van der Waals surface area (Å²) in [5, 5.41) is 0. The maximum atomic E-state index is 12.3. The van der Waals surface area contributed by atoms with Crippen molar-refractivity contribution in [3.05, 3.63) is 35.9 Å². The van der Waals surface area contributed by atoms with Gasteiger partial charge in [0.1, 0.15) is 6.04 Å². The quantitative estimate of drug-likeness (QED) is 0.821. The summed E-state index contributed by atoms with van der Waals surface area (Å²) in [5.41, 5.74) is 6.28. The van der Waals surface area contributed by atoms with Crippen LogP contribution < -0.4 is 5.73 Å². The second kappa shape index (κ2) is 6.52. The van der Waals surface area contributed by atoms with Crippen molar-refractivity contribution in [2.45, 2.75) is 31.8 Å². The highest BCUT2D eigenvalue weighted by atomic mass is 16.5. The SMILES string of the molecule is CCOC(=O)C(c1ccccc1)N1CCCC1C(N)=O. The van der Waals surface area contributed by atoms with Crippen LogP contribution in [0, 0.1) is 0 Å². The Balaban J connectivity index is 2.31. The molecule has 0 spiro atoms. The Bertz CT molecular complexity index is 475. The summed E-state index contributed by atoms with van der Waals surface area (Å²) in [5.74, 6) is -0.709. The van der Waals surface area contributed by atoms with Crippen LogP contribution in [0.2, 0.25) is 0 Å². The Kier molecular flexibility index (Phi) is 4.74. The molecule has 2 unspecified atom stereocenters. The minimum Gasteiger partial charge on any atom is -0.465 e. The van der Waals surface area contributed by atoms with E-state index in [9.17, 15) is 9.59 Å². The minimum atomic E-state index is -0.559. The molecule has 5 nitrogen and oxygen atoms in total. The van der Waals surface area contributed by atoms with E-state index in [1.165, 1.54) is 0 Å². The molecule has 2 atom stereocenters. The summed E-state index contributed by atoms with van der Waals surface area (Å²) in [7, 11) is 0. The molecule has 0 aromatic heterocycles. The molecular weight excluding hydrogens is 256 g/mol. The lowest BCUT2D eigenvalue weighted by molar-refractivity contribution is -0.150. The van der Waals surface area contributed by atoms with Crippen LogP contribution in [0.25, 0.3) is 0 Å². The average molecular weight is 276 g/mol. The lowest BCUT2D eigenvalue weighted by Gasteiger charge is -2.30. The monoisotopic (exact) mass is 276 g/mol. The highest BCUT2D eigenvalue weighted by Crippen LogP contribution is 2.30. The summed E-state index contributed by atoms with van der Waals surface area (Å²) in [6.45, 7) is 2.76. The first kappa shape index (κ1) is 14.5. The number of carbonyl (C=O) groups is 2. The number of benzene rings is 1. The van der Waals surface area contributed by atoms with Crippen molar-refractivity contribution < 1.29 is 14.3 Å². The molecule has 1 saturated heterocycles. The number of esters is 1. The van der Waals surface area contributed by atoms with Gasteiger partial charge in [-0.15, -0.1) is 0 Å². The summed E-state index contributed by atoms with van der Waals surface area (Å²) >= 11 is 0. The van der Waals surface area contributed by atoms with E-state index in [4.69, 9.17) is 10.5 Å². The van der Waals surface area contributed by atoms with E-state index in [2.05, 4.69) is 0 Å². The number of hydrogen-bond donors (Lipinski definition) is 1. The zero-order valence-electron chi connectivity index (χ0n) is 11.6. The Morgan fingerprint density at radius 1 is 1.40 bits per heavy atom. The van der Waals surface area contributed by atoms with Crippen LogP contribution in [-0.4, -0.2) is 36.0 Å².